The molecule has 2 nitrogen and oxygen atoms in total. The summed E-state index contributed by atoms with van der Waals surface area (Å²) in [5, 5.41) is 0. The predicted molar refractivity (Wildman–Crippen MR) is 53.6 cm³/mol. The van der Waals surface area contributed by atoms with Gasteiger partial charge >= 0.3 is 6.18 Å². The maximum absolute atomic E-state index is 12.5. The molecule has 1 aromatic carbocycles. The van der Waals surface area contributed by atoms with Crippen LogP contribution in [0.2, 0.25) is 0 Å². The molecule has 0 fully saturated rings. The van der Waals surface area contributed by atoms with Gasteiger partial charge in [-0.05, 0) is 28.1 Å². The van der Waals surface area contributed by atoms with Crippen molar-refractivity contribution >= 4 is 21.7 Å². The van der Waals surface area contributed by atoms with E-state index in [1.165, 1.54) is 0 Å². The number of halogens is 4. The molecule has 1 aromatic rings. The van der Waals surface area contributed by atoms with Gasteiger partial charge in [0.05, 0.1) is 22.2 Å². The summed E-state index contributed by atoms with van der Waals surface area (Å²) in [5.41, 5.74) is -0.857. The van der Waals surface area contributed by atoms with E-state index in [9.17, 15) is 18.0 Å². The first-order chi connectivity index (χ1) is 7.39. The number of benzene rings is 1. The maximum Gasteiger partial charge on any atom is 0.416 e. The molecule has 0 unspecified atom stereocenters. The summed E-state index contributed by atoms with van der Waals surface area (Å²) in [6, 6.07) is 1.75. The first kappa shape index (κ1) is 11.4. The van der Waals surface area contributed by atoms with Crippen LogP contribution in [0.15, 0.2) is 16.6 Å². The summed E-state index contributed by atoms with van der Waals surface area (Å²) < 4.78 is 42.8. The van der Waals surface area contributed by atoms with Crippen LogP contribution in [0.4, 0.5) is 13.2 Å². The van der Waals surface area contributed by atoms with Crippen LogP contribution in [0, 0.1) is 0 Å². The Kier molecular flexibility index (Phi) is 2.69. The van der Waals surface area contributed by atoms with Gasteiger partial charge in [0.2, 0.25) is 0 Å². The van der Waals surface area contributed by atoms with Crippen LogP contribution in [0.1, 0.15) is 22.3 Å². The third kappa shape index (κ3) is 1.93. The second-order valence-corrected chi connectivity index (χ2v) is 4.21. The van der Waals surface area contributed by atoms with E-state index < -0.39 is 11.7 Å². The number of hydrogen-bond donors (Lipinski definition) is 0. The molecular formula is C10H6BrF3O2. The second kappa shape index (κ2) is 3.76. The zero-order chi connectivity index (χ0) is 11.9. The number of alkyl halides is 3. The topological polar surface area (TPSA) is 26.3 Å². The van der Waals surface area contributed by atoms with Crippen molar-refractivity contribution in [3.63, 3.8) is 0 Å². The van der Waals surface area contributed by atoms with Gasteiger partial charge in [-0.3, -0.25) is 4.79 Å². The highest BCUT2D eigenvalue weighted by molar-refractivity contribution is 9.10. The smallest absolute Gasteiger partial charge is 0.416 e. The normalized spacial score (nSPS) is 15.6. The number of carbonyl (C=O) groups is 1. The van der Waals surface area contributed by atoms with Crippen LogP contribution in [-0.2, 0) is 6.18 Å². The molecule has 16 heavy (non-hydrogen) atoms. The first-order valence-electron chi connectivity index (χ1n) is 4.46. The van der Waals surface area contributed by atoms with E-state index in [2.05, 4.69) is 15.9 Å². The number of ether oxygens (including phenoxy) is 1. The Hall–Kier alpha value is -1.04. The minimum Gasteiger partial charge on any atom is -0.491 e. The lowest BCUT2D eigenvalue weighted by Gasteiger charge is -2.19. The van der Waals surface area contributed by atoms with E-state index >= 15 is 0 Å². The molecule has 0 saturated carbocycles. The van der Waals surface area contributed by atoms with E-state index in [0.717, 1.165) is 12.1 Å². The summed E-state index contributed by atoms with van der Waals surface area (Å²) in [5.74, 6) is -0.127. The van der Waals surface area contributed by atoms with Crippen molar-refractivity contribution in [2.75, 3.05) is 6.61 Å². The van der Waals surface area contributed by atoms with Crippen molar-refractivity contribution in [2.24, 2.45) is 0 Å². The van der Waals surface area contributed by atoms with E-state index in [1.54, 1.807) is 0 Å². The molecule has 0 bridgehead atoms. The number of carbonyl (C=O) groups excluding carboxylic acids is 1. The SMILES string of the molecule is O=C1CCOc2c(Br)cc(C(F)(F)F)cc21. The average Bonchev–Trinajstić information content (AvgIpc) is 2.18. The van der Waals surface area contributed by atoms with Gasteiger partial charge in [-0.2, -0.15) is 13.2 Å². The van der Waals surface area contributed by atoms with E-state index in [1.807, 2.05) is 0 Å². The molecule has 2 rings (SSSR count). The highest BCUT2D eigenvalue weighted by Crippen LogP contribution is 2.39. The highest BCUT2D eigenvalue weighted by Gasteiger charge is 2.34. The van der Waals surface area contributed by atoms with Crippen molar-refractivity contribution < 1.29 is 22.7 Å². The van der Waals surface area contributed by atoms with E-state index in [4.69, 9.17) is 4.74 Å². The van der Waals surface area contributed by atoms with E-state index in [0.29, 0.717) is 0 Å². The molecule has 0 aromatic heterocycles. The molecule has 0 saturated heterocycles. The molecule has 1 heterocycles. The fourth-order valence-electron chi connectivity index (χ4n) is 1.49. The molecule has 0 spiro atoms. The van der Waals surface area contributed by atoms with Crippen LogP contribution in [0.5, 0.6) is 5.75 Å². The van der Waals surface area contributed by atoms with Gasteiger partial charge in [0.1, 0.15) is 5.75 Å². The van der Waals surface area contributed by atoms with Crippen molar-refractivity contribution in [1.29, 1.82) is 0 Å². The standard InChI is InChI=1S/C10H6BrF3O2/c11-7-4-5(10(12,13)14)3-6-8(15)1-2-16-9(6)7/h3-4H,1-2H2. The molecule has 0 radical (unpaired) electrons. The van der Waals surface area contributed by atoms with Gasteiger partial charge in [-0.25, -0.2) is 0 Å². The van der Waals surface area contributed by atoms with Crippen molar-refractivity contribution in [2.45, 2.75) is 12.6 Å². The Bertz CT molecular complexity index is 454. The molecule has 0 N–H and O–H groups in total. The lowest BCUT2D eigenvalue weighted by molar-refractivity contribution is -0.137. The number of fused-ring (bicyclic) bond motifs is 1. The Morgan fingerprint density at radius 3 is 2.62 bits per heavy atom. The maximum atomic E-state index is 12.5. The minimum atomic E-state index is -4.46. The van der Waals surface area contributed by atoms with Crippen LogP contribution in [0.25, 0.3) is 0 Å². The third-order valence-electron chi connectivity index (χ3n) is 2.25. The largest absolute Gasteiger partial charge is 0.491 e. The molecule has 6 heteroatoms. The Morgan fingerprint density at radius 2 is 2.00 bits per heavy atom. The fourth-order valence-corrected chi connectivity index (χ4v) is 2.07. The molecule has 0 aliphatic carbocycles. The molecule has 1 aliphatic rings. The molecule has 0 atom stereocenters. The lowest BCUT2D eigenvalue weighted by atomic mass is 10.0. The summed E-state index contributed by atoms with van der Waals surface area (Å²) in [6.45, 7) is 0.204. The molecule has 0 amide bonds. The number of rotatable bonds is 0. The quantitative estimate of drug-likeness (QED) is 0.733. The minimum absolute atomic E-state index is 0.00653. The monoisotopic (exact) mass is 294 g/mol. The van der Waals surface area contributed by atoms with Crippen LogP contribution < -0.4 is 4.74 Å². The average molecular weight is 295 g/mol. The summed E-state index contributed by atoms with van der Waals surface area (Å²) in [6.07, 6.45) is -4.35. The Balaban J connectivity index is 2.60. The Morgan fingerprint density at radius 1 is 1.31 bits per heavy atom. The van der Waals surface area contributed by atoms with E-state index in [-0.39, 0.29) is 34.6 Å². The van der Waals surface area contributed by atoms with Crippen molar-refractivity contribution in [3.8, 4) is 5.75 Å². The zero-order valence-corrected chi connectivity index (χ0v) is 9.48. The summed E-state index contributed by atoms with van der Waals surface area (Å²) in [4.78, 5) is 11.4. The first-order valence-corrected chi connectivity index (χ1v) is 5.25. The second-order valence-electron chi connectivity index (χ2n) is 3.35. The van der Waals surface area contributed by atoms with Gasteiger partial charge in [0, 0.05) is 6.42 Å². The number of ketones is 1. The molecule has 1 aliphatic heterocycles. The molecule has 86 valence electrons. The number of Topliss-reactive ketones (excluding diaryl/α,β-unsaturated/α-hetero) is 1. The lowest BCUT2D eigenvalue weighted by Crippen LogP contribution is -2.17. The van der Waals surface area contributed by atoms with Crippen LogP contribution in [-0.4, -0.2) is 12.4 Å². The van der Waals surface area contributed by atoms with Gasteiger partial charge in [0.15, 0.2) is 5.78 Å². The van der Waals surface area contributed by atoms with Crippen LogP contribution in [0.3, 0.4) is 0 Å². The highest BCUT2D eigenvalue weighted by atomic mass is 79.9. The predicted octanol–water partition coefficient (Wildman–Crippen LogP) is 3.43. The number of hydrogen-bond acceptors (Lipinski definition) is 2. The van der Waals surface area contributed by atoms with Crippen LogP contribution >= 0.6 is 15.9 Å². The summed E-state index contributed by atoms with van der Waals surface area (Å²) in [7, 11) is 0. The fraction of sp³-hybridized carbons (Fsp3) is 0.300. The van der Waals surface area contributed by atoms with Gasteiger partial charge in [-0.1, -0.05) is 0 Å². The van der Waals surface area contributed by atoms with Gasteiger partial charge in [0.25, 0.3) is 0 Å². The Labute approximate surface area is 97.5 Å². The summed E-state index contributed by atoms with van der Waals surface area (Å²) >= 11 is 2.98. The van der Waals surface area contributed by atoms with Crippen molar-refractivity contribution in [3.05, 3.63) is 27.7 Å². The van der Waals surface area contributed by atoms with Gasteiger partial charge in [-0.15, -0.1) is 0 Å². The molecular weight excluding hydrogens is 289 g/mol. The third-order valence-corrected chi connectivity index (χ3v) is 2.84. The van der Waals surface area contributed by atoms with Gasteiger partial charge < -0.3 is 4.74 Å². The van der Waals surface area contributed by atoms with Crippen molar-refractivity contribution in [1.82, 2.24) is 0 Å². The zero-order valence-electron chi connectivity index (χ0n) is 7.90.